The molecule has 0 aromatic carbocycles. The van der Waals surface area contributed by atoms with E-state index >= 15 is 0 Å². The monoisotopic (exact) mass is 111 g/mol. The van der Waals surface area contributed by atoms with Crippen molar-refractivity contribution in [3.05, 3.63) is 0 Å². The predicted octanol–water partition coefficient (Wildman–Crippen LogP) is -2.74. The van der Waals surface area contributed by atoms with Crippen LogP contribution in [0.5, 0.6) is 0 Å². The Morgan fingerprint density at radius 2 is 2.29 bits per heavy atom. The minimum absolute atomic E-state index is 0. The molecule has 0 bridgehead atoms. The Hall–Kier alpha value is 0.470. The van der Waals surface area contributed by atoms with E-state index in [-0.39, 0.29) is 36.9 Å². The van der Waals surface area contributed by atoms with Crippen LogP contribution in [0.1, 0.15) is 15.3 Å². The minimum Gasteiger partial charge on any atom is -1.00 e. The summed E-state index contributed by atoms with van der Waals surface area (Å²) in [6.45, 7) is 4.13. The first-order valence-electron chi connectivity index (χ1n) is 2.01. The van der Waals surface area contributed by atoms with Crippen molar-refractivity contribution in [1.82, 2.24) is 5.32 Å². The number of hydrogen-bond acceptors (Lipinski definition) is 1. The molecule has 38 valence electrons. The van der Waals surface area contributed by atoms with Gasteiger partial charge in [0.05, 0.1) is 0 Å². The number of hydrogen-bond donors (Lipinski definition) is 1. The van der Waals surface area contributed by atoms with Crippen molar-refractivity contribution in [2.45, 2.75) is 13.8 Å². The summed E-state index contributed by atoms with van der Waals surface area (Å²) < 4.78 is 0. The molecule has 0 aromatic rings. The number of amides is 1. The fourth-order valence-corrected chi connectivity index (χ4v) is 0.249. The minimum atomic E-state index is 0. The van der Waals surface area contributed by atoms with Crippen LogP contribution in [0.4, 0.5) is 0 Å². The molecule has 0 aromatic heterocycles. The van der Waals surface area contributed by atoms with Crippen LogP contribution in [-0.4, -0.2) is 12.5 Å². The first-order valence-corrected chi connectivity index (χ1v) is 2.01. The smallest absolute Gasteiger partial charge is 1.00 e. The van der Waals surface area contributed by atoms with E-state index in [1.807, 2.05) is 6.92 Å². The number of nitrogens with one attached hydrogen (secondary N) is 1. The van der Waals surface area contributed by atoms with E-state index in [0.717, 1.165) is 6.54 Å². The number of carbonyl (C=O) groups excluding carboxylic acids is 1. The van der Waals surface area contributed by atoms with Crippen molar-refractivity contribution >= 4 is 5.91 Å². The fraction of sp³-hybridized carbons (Fsp3) is 0.750. The molecule has 0 radical (unpaired) electrons. The molecule has 0 spiro atoms. The van der Waals surface area contributed by atoms with Gasteiger partial charge < -0.3 is 6.74 Å². The molecule has 0 atom stereocenters. The van der Waals surface area contributed by atoms with Gasteiger partial charge >= 0.3 is 29.6 Å². The largest absolute Gasteiger partial charge is 1.00 e. The summed E-state index contributed by atoms with van der Waals surface area (Å²) in [4.78, 5) is 9.93. The second-order valence-electron chi connectivity index (χ2n) is 1.09. The molecule has 0 saturated carbocycles. The van der Waals surface area contributed by atoms with Crippen molar-refractivity contribution in [3.8, 4) is 0 Å². The maximum absolute atomic E-state index is 9.93. The SMILES string of the molecule is CCNC(C)=O.[H-].[Na+]. The number of rotatable bonds is 1. The molecule has 0 aliphatic heterocycles. The Kier molecular flexibility index (Phi) is 9.66. The molecule has 1 amide bonds. The van der Waals surface area contributed by atoms with Crippen LogP contribution in [0.3, 0.4) is 0 Å². The summed E-state index contributed by atoms with van der Waals surface area (Å²) >= 11 is 0. The van der Waals surface area contributed by atoms with Crippen molar-refractivity contribution < 1.29 is 35.8 Å². The summed E-state index contributed by atoms with van der Waals surface area (Å²) in [5, 5.41) is 2.57. The quantitative estimate of drug-likeness (QED) is 0.365. The summed E-state index contributed by atoms with van der Waals surface area (Å²) in [6.07, 6.45) is 0. The van der Waals surface area contributed by atoms with E-state index in [1.165, 1.54) is 6.92 Å². The Bertz CT molecular complexity index is 60.0. The Balaban J connectivity index is -0.000000125. The Morgan fingerprint density at radius 1 is 1.86 bits per heavy atom. The standard InChI is InChI=1S/C4H9NO.Na.H/c1-3-5-4(2)6;;/h3H2,1-2H3,(H,5,6);;/q;+1;-1. The molecule has 2 nitrogen and oxygen atoms in total. The third-order valence-corrected chi connectivity index (χ3v) is 0.426. The molecule has 0 rings (SSSR count). The maximum Gasteiger partial charge on any atom is 1.00 e. The van der Waals surface area contributed by atoms with Crippen LogP contribution in [0.15, 0.2) is 0 Å². The van der Waals surface area contributed by atoms with Crippen LogP contribution in [0.2, 0.25) is 0 Å². The summed E-state index contributed by atoms with van der Waals surface area (Å²) in [5.74, 6) is 0.0394. The molecule has 0 saturated heterocycles. The van der Waals surface area contributed by atoms with Crippen LogP contribution < -0.4 is 34.9 Å². The summed E-state index contributed by atoms with van der Waals surface area (Å²) in [5.41, 5.74) is 0. The normalized spacial score (nSPS) is 6.57. The van der Waals surface area contributed by atoms with Gasteiger partial charge in [-0.1, -0.05) is 0 Å². The van der Waals surface area contributed by atoms with E-state index in [1.54, 1.807) is 0 Å². The molecule has 1 N–H and O–H groups in total. The molecular weight excluding hydrogens is 101 g/mol. The second-order valence-corrected chi connectivity index (χ2v) is 1.09. The van der Waals surface area contributed by atoms with E-state index < -0.39 is 0 Å². The molecule has 7 heavy (non-hydrogen) atoms. The van der Waals surface area contributed by atoms with Crippen molar-refractivity contribution in [3.63, 3.8) is 0 Å². The van der Waals surface area contributed by atoms with Gasteiger partial charge in [-0.3, -0.25) is 4.79 Å². The van der Waals surface area contributed by atoms with Gasteiger partial charge in [-0.05, 0) is 6.92 Å². The van der Waals surface area contributed by atoms with Gasteiger partial charge in [0.15, 0.2) is 0 Å². The predicted molar refractivity (Wildman–Crippen MR) is 25.5 cm³/mol. The first-order chi connectivity index (χ1) is 2.77. The van der Waals surface area contributed by atoms with Gasteiger partial charge in [-0.2, -0.15) is 0 Å². The Morgan fingerprint density at radius 3 is 2.29 bits per heavy atom. The summed E-state index contributed by atoms with van der Waals surface area (Å²) in [6, 6.07) is 0. The van der Waals surface area contributed by atoms with Gasteiger partial charge in [0, 0.05) is 13.5 Å². The fourth-order valence-electron chi connectivity index (χ4n) is 0.249. The van der Waals surface area contributed by atoms with Crippen molar-refractivity contribution in [1.29, 1.82) is 0 Å². The molecule has 0 heterocycles. The maximum atomic E-state index is 9.93. The van der Waals surface area contributed by atoms with Gasteiger partial charge in [-0.15, -0.1) is 0 Å². The van der Waals surface area contributed by atoms with Crippen LogP contribution in [0, 0.1) is 0 Å². The average Bonchev–Trinajstić information content (AvgIpc) is 1.35. The zero-order valence-corrected chi connectivity index (χ0v) is 7.12. The number of carbonyl (C=O) groups is 1. The van der Waals surface area contributed by atoms with Gasteiger partial charge in [-0.25, -0.2) is 0 Å². The molecule has 0 aliphatic rings. The second kappa shape index (κ2) is 6.47. The van der Waals surface area contributed by atoms with Crippen LogP contribution in [0.25, 0.3) is 0 Å². The van der Waals surface area contributed by atoms with Crippen molar-refractivity contribution in [2.24, 2.45) is 0 Å². The zero-order chi connectivity index (χ0) is 4.99. The van der Waals surface area contributed by atoms with Crippen molar-refractivity contribution in [2.75, 3.05) is 6.54 Å². The Labute approximate surface area is 67.4 Å². The average molecular weight is 111 g/mol. The van der Waals surface area contributed by atoms with Crippen LogP contribution in [-0.2, 0) is 4.79 Å². The zero-order valence-electron chi connectivity index (χ0n) is 6.12. The van der Waals surface area contributed by atoms with E-state index in [2.05, 4.69) is 5.32 Å². The summed E-state index contributed by atoms with van der Waals surface area (Å²) in [7, 11) is 0. The van der Waals surface area contributed by atoms with Crippen LogP contribution >= 0.6 is 0 Å². The van der Waals surface area contributed by atoms with Gasteiger partial charge in [0.1, 0.15) is 0 Å². The van der Waals surface area contributed by atoms with Gasteiger partial charge in [0.2, 0.25) is 5.91 Å². The van der Waals surface area contributed by atoms with E-state index in [9.17, 15) is 4.79 Å². The third kappa shape index (κ3) is 10.7. The topological polar surface area (TPSA) is 29.1 Å². The van der Waals surface area contributed by atoms with E-state index in [4.69, 9.17) is 0 Å². The molecule has 0 fully saturated rings. The molecule has 0 aliphatic carbocycles. The molecule has 3 heteroatoms. The third-order valence-electron chi connectivity index (χ3n) is 0.426. The van der Waals surface area contributed by atoms with E-state index in [0.29, 0.717) is 0 Å². The molecular formula is C4H10NNaO. The molecule has 0 unspecified atom stereocenters. The first kappa shape index (κ1) is 10.5. The van der Waals surface area contributed by atoms with Gasteiger partial charge in [0.25, 0.3) is 0 Å².